The number of benzene rings is 1. The molecule has 4 aromatic rings. The monoisotopic (exact) mass is 426 g/mol. The van der Waals surface area contributed by atoms with Crippen molar-refractivity contribution in [2.24, 2.45) is 0 Å². The van der Waals surface area contributed by atoms with Gasteiger partial charge in [0.1, 0.15) is 0 Å². The van der Waals surface area contributed by atoms with Crippen LogP contribution < -0.4 is 5.32 Å². The van der Waals surface area contributed by atoms with Gasteiger partial charge >= 0.3 is 0 Å². The van der Waals surface area contributed by atoms with Gasteiger partial charge in [-0.15, -0.1) is 0 Å². The molecule has 1 aromatic carbocycles. The van der Waals surface area contributed by atoms with Crippen LogP contribution in [0.3, 0.4) is 0 Å². The van der Waals surface area contributed by atoms with Gasteiger partial charge < -0.3 is 5.32 Å². The Morgan fingerprint density at radius 1 is 1.00 bits per heavy atom. The van der Waals surface area contributed by atoms with Crippen LogP contribution in [0.4, 0.5) is 0 Å². The highest BCUT2D eigenvalue weighted by atomic mass is 16.1. The summed E-state index contributed by atoms with van der Waals surface area (Å²) in [7, 11) is 0. The Hall–Kier alpha value is -3.87. The summed E-state index contributed by atoms with van der Waals surface area (Å²) in [5.74, 6) is -0.182. The number of carbonyl (C=O) groups is 1. The van der Waals surface area contributed by atoms with Crippen molar-refractivity contribution in [3.8, 4) is 22.5 Å². The van der Waals surface area contributed by atoms with Crippen molar-refractivity contribution in [1.29, 1.82) is 0 Å². The lowest BCUT2D eigenvalue weighted by Gasteiger charge is -2.14. The van der Waals surface area contributed by atoms with Crippen molar-refractivity contribution in [2.45, 2.75) is 40.3 Å². The van der Waals surface area contributed by atoms with E-state index in [2.05, 4.69) is 45.5 Å². The predicted molar refractivity (Wildman–Crippen MR) is 124 cm³/mol. The van der Waals surface area contributed by atoms with Gasteiger partial charge in [-0.1, -0.05) is 6.07 Å². The van der Waals surface area contributed by atoms with Crippen LogP contribution >= 0.6 is 0 Å². The minimum absolute atomic E-state index is 0.182. The fourth-order valence-corrected chi connectivity index (χ4v) is 3.44. The summed E-state index contributed by atoms with van der Waals surface area (Å²) in [4.78, 5) is 17.6. The summed E-state index contributed by atoms with van der Waals surface area (Å²) >= 11 is 0. The van der Waals surface area contributed by atoms with Gasteiger partial charge in [-0.3, -0.25) is 14.5 Å². The summed E-state index contributed by atoms with van der Waals surface area (Å²) in [6.07, 6.45) is 3.61. The molecular weight excluding hydrogens is 400 g/mol. The Morgan fingerprint density at radius 2 is 1.81 bits per heavy atom. The van der Waals surface area contributed by atoms with E-state index in [1.54, 1.807) is 6.20 Å². The third-order valence-electron chi connectivity index (χ3n) is 5.14. The largest absolute Gasteiger partial charge is 0.346 e. The van der Waals surface area contributed by atoms with Crippen molar-refractivity contribution in [2.75, 3.05) is 0 Å². The first-order valence-electron chi connectivity index (χ1n) is 10.6. The zero-order valence-electron chi connectivity index (χ0n) is 18.7. The van der Waals surface area contributed by atoms with Gasteiger partial charge in [0.2, 0.25) is 0 Å². The van der Waals surface area contributed by atoms with Crippen LogP contribution in [-0.4, -0.2) is 30.9 Å². The highest BCUT2D eigenvalue weighted by molar-refractivity contribution is 5.97. The Labute approximate surface area is 187 Å². The number of hydrogen-bond acceptors (Lipinski definition) is 5. The molecule has 3 heterocycles. The minimum atomic E-state index is -0.182. The zero-order valence-corrected chi connectivity index (χ0v) is 18.7. The van der Waals surface area contributed by atoms with Crippen molar-refractivity contribution >= 4 is 5.91 Å². The molecule has 0 atom stereocenters. The van der Waals surface area contributed by atoms with E-state index in [1.165, 1.54) is 0 Å². The molecular formula is C25H26N6O. The molecule has 0 unspecified atom stereocenters. The molecule has 32 heavy (non-hydrogen) atoms. The standard InChI is InChI=1S/C25H26N6O/c1-16(2)31-24(9-10-28-31)20-11-19(23-8-5-17(3)14-26-23)12-21(13-20)25(32)27-15-22-7-6-18(4)29-30-22/h5-14,16H,15H2,1-4H3,(H,27,32). The van der Waals surface area contributed by atoms with Crippen molar-refractivity contribution < 1.29 is 4.79 Å². The van der Waals surface area contributed by atoms with Crippen LogP contribution in [0.2, 0.25) is 0 Å². The fraction of sp³-hybridized carbons (Fsp3) is 0.240. The molecule has 162 valence electrons. The van der Waals surface area contributed by atoms with Gasteiger partial charge in [0.05, 0.1) is 29.3 Å². The van der Waals surface area contributed by atoms with E-state index in [4.69, 9.17) is 0 Å². The van der Waals surface area contributed by atoms with Gasteiger partial charge in [-0.2, -0.15) is 15.3 Å². The number of nitrogens with zero attached hydrogens (tertiary/aromatic N) is 5. The molecule has 0 spiro atoms. The molecule has 3 aromatic heterocycles. The summed E-state index contributed by atoms with van der Waals surface area (Å²) < 4.78 is 1.95. The molecule has 0 aliphatic rings. The maximum Gasteiger partial charge on any atom is 0.251 e. The molecule has 4 rings (SSSR count). The number of amides is 1. The van der Waals surface area contributed by atoms with Gasteiger partial charge in [0.15, 0.2) is 0 Å². The highest BCUT2D eigenvalue weighted by Gasteiger charge is 2.15. The van der Waals surface area contributed by atoms with E-state index in [9.17, 15) is 4.79 Å². The van der Waals surface area contributed by atoms with E-state index in [0.717, 1.165) is 33.8 Å². The van der Waals surface area contributed by atoms with Crippen LogP contribution in [0.5, 0.6) is 0 Å². The number of hydrogen-bond donors (Lipinski definition) is 1. The van der Waals surface area contributed by atoms with Crippen molar-refractivity contribution in [3.05, 3.63) is 83.4 Å². The number of rotatable bonds is 6. The number of nitrogens with one attached hydrogen (secondary N) is 1. The van der Waals surface area contributed by atoms with E-state index in [0.29, 0.717) is 17.8 Å². The number of carbonyl (C=O) groups excluding carboxylic acids is 1. The SMILES string of the molecule is Cc1ccc(-c2cc(C(=O)NCc3ccc(C)nn3)cc(-c3ccnn3C(C)C)c2)nc1. The molecule has 0 bridgehead atoms. The maximum absolute atomic E-state index is 13.1. The average Bonchev–Trinajstić information content (AvgIpc) is 3.29. The van der Waals surface area contributed by atoms with Gasteiger partial charge in [-0.25, -0.2) is 0 Å². The van der Waals surface area contributed by atoms with Crippen LogP contribution in [0.15, 0.2) is 60.9 Å². The topological polar surface area (TPSA) is 85.6 Å². The maximum atomic E-state index is 13.1. The van der Waals surface area contributed by atoms with Gasteiger partial charge in [0.25, 0.3) is 5.91 Å². The lowest BCUT2D eigenvalue weighted by atomic mass is 10.00. The Bertz CT molecular complexity index is 1230. The minimum Gasteiger partial charge on any atom is -0.346 e. The van der Waals surface area contributed by atoms with Crippen LogP contribution in [-0.2, 0) is 6.54 Å². The number of pyridine rings is 1. The summed E-state index contributed by atoms with van der Waals surface area (Å²) in [5, 5.41) is 15.6. The van der Waals surface area contributed by atoms with Crippen LogP contribution in [0.1, 0.15) is 47.2 Å². The summed E-state index contributed by atoms with van der Waals surface area (Å²) in [6.45, 7) is 8.35. The Kier molecular flexibility index (Phi) is 6.07. The first-order chi connectivity index (χ1) is 15.4. The molecule has 0 aliphatic heterocycles. The van der Waals surface area contributed by atoms with Crippen LogP contribution in [0.25, 0.3) is 22.5 Å². The van der Waals surface area contributed by atoms with Crippen LogP contribution in [0, 0.1) is 13.8 Å². The molecule has 7 heteroatoms. The second-order valence-electron chi connectivity index (χ2n) is 8.12. The Morgan fingerprint density at radius 3 is 2.50 bits per heavy atom. The van der Waals surface area contributed by atoms with E-state index < -0.39 is 0 Å². The molecule has 0 aliphatic carbocycles. The first-order valence-corrected chi connectivity index (χ1v) is 10.6. The second-order valence-corrected chi connectivity index (χ2v) is 8.12. The summed E-state index contributed by atoms with van der Waals surface area (Å²) in [5.41, 5.74) is 6.73. The van der Waals surface area contributed by atoms with Gasteiger partial charge in [-0.05, 0) is 75.7 Å². The van der Waals surface area contributed by atoms with E-state index >= 15 is 0 Å². The molecule has 0 fully saturated rings. The number of aromatic nitrogens is 5. The van der Waals surface area contributed by atoms with Crippen molar-refractivity contribution in [1.82, 2.24) is 30.3 Å². The molecule has 0 saturated heterocycles. The lowest BCUT2D eigenvalue weighted by Crippen LogP contribution is -2.23. The van der Waals surface area contributed by atoms with E-state index in [-0.39, 0.29) is 11.9 Å². The smallest absolute Gasteiger partial charge is 0.251 e. The molecule has 1 amide bonds. The quantitative estimate of drug-likeness (QED) is 0.490. The van der Waals surface area contributed by atoms with Gasteiger partial charge in [0, 0.05) is 35.1 Å². The molecule has 0 saturated carbocycles. The second kappa shape index (κ2) is 9.09. The fourth-order valence-electron chi connectivity index (χ4n) is 3.44. The Balaban J connectivity index is 1.71. The van der Waals surface area contributed by atoms with E-state index in [1.807, 2.05) is 67.2 Å². The predicted octanol–water partition coefficient (Wildman–Crippen LogP) is 4.53. The third kappa shape index (κ3) is 4.72. The zero-order chi connectivity index (χ0) is 22.7. The normalized spacial score (nSPS) is 11.0. The van der Waals surface area contributed by atoms with Crippen molar-refractivity contribution in [3.63, 3.8) is 0 Å². The average molecular weight is 427 g/mol. The first kappa shape index (κ1) is 21.4. The molecule has 0 radical (unpaired) electrons. The highest BCUT2D eigenvalue weighted by Crippen LogP contribution is 2.29. The molecule has 1 N–H and O–H groups in total. The lowest BCUT2D eigenvalue weighted by molar-refractivity contribution is 0.0950. The third-order valence-corrected chi connectivity index (χ3v) is 5.14. The summed E-state index contributed by atoms with van der Waals surface area (Å²) in [6, 6.07) is 15.7. The number of aryl methyl sites for hydroxylation is 2. The molecule has 7 nitrogen and oxygen atoms in total.